The van der Waals surface area contributed by atoms with Crippen molar-refractivity contribution in [3.8, 4) is 0 Å². The molecule has 1 aromatic rings. The fourth-order valence-corrected chi connectivity index (χ4v) is 6.60. The van der Waals surface area contributed by atoms with Crippen molar-refractivity contribution < 1.29 is 9.59 Å². The van der Waals surface area contributed by atoms with E-state index < -0.39 is 0 Å². The first-order valence-electron chi connectivity index (χ1n) is 12.7. The molecule has 1 aliphatic heterocycles. The van der Waals surface area contributed by atoms with E-state index in [1.54, 1.807) is 0 Å². The van der Waals surface area contributed by atoms with Gasteiger partial charge in [-0.15, -0.1) is 0 Å². The molecule has 0 unspecified atom stereocenters. The summed E-state index contributed by atoms with van der Waals surface area (Å²) < 4.78 is 0. The van der Waals surface area contributed by atoms with Crippen LogP contribution in [0.3, 0.4) is 0 Å². The second-order valence-electron chi connectivity index (χ2n) is 10.3. The monoisotopic (exact) mass is 435 g/mol. The Hall–Kier alpha value is -2.14. The summed E-state index contributed by atoms with van der Waals surface area (Å²) in [4.78, 5) is 29.0. The highest BCUT2D eigenvalue weighted by Crippen LogP contribution is 2.72. The van der Waals surface area contributed by atoms with Gasteiger partial charge in [-0.1, -0.05) is 42.5 Å². The number of rotatable bonds is 10. The Balaban J connectivity index is 1.14. The van der Waals surface area contributed by atoms with Crippen LogP contribution in [-0.2, 0) is 16.0 Å². The predicted octanol–water partition coefficient (Wildman–Crippen LogP) is 3.17. The quantitative estimate of drug-likeness (QED) is 0.438. The van der Waals surface area contributed by atoms with Crippen LogP contribution in [-0.4, -0.2) is 49.4 Å². The molecule has 32 heavy (non-hydrogen) atoms. The number of unbranched alkanes of at least 4 members (excludes halogenated alkanes) is 1. The van der Waals surface area contributed by atoms with Crippen LogP contribution in [0.1, 0.15) is 44.1 Å². The molecule has 1 saturated heterocycles. The molecular weight excluding hydrogens is 398 g/mol. The Labute approximate surface area is 192 Å². The van der Waals surface area contributed by atoms with Crippen LogP contribution in [0.25, 0.3) is 0 Å². The number of hydrogen-bond acceptors (Lipinski definition) is 3. The van der Waals surface area contributed by atoms with Crippen molar-refractivity contribution in [3.05, 3.63) is 48.0 Å². The van der Waals surface area contributed by atoms with Gasteiger partial charge >= 0.3 is 0 Å². The molecule has 5 heteroatoms. The zero-order valence-electron chi connectivity index (χ0n) is 19.1. The van der Waals surface area contributed by atoms with Gasteiger partial charge in [0.2, 0.25) is 11.8 Å². The van der Waals surface area contributed by atoms with Crippen LogP contribution in [0.2, 0.25) is 0 Å². The molecule has 5 rings (SSSR count). The number of benzene rings is 1. The number of nitrogens with one attached hydrogen (secondary N) is 2. The highest BCUT2D eigenvalue weighted by molar-refractivity contribution is 5.90. The zero-order chi connectivity index (χ0) is 22.0. The number of carbonyl (C=O) groups excluding carboxylic acids is 2. The van der Waals surface area contributed by atoms with Gasteiger partial charge in [-0.3, -0.25) is 9.59 Å². The van der Waals surface area contributed by atoms with E-state index in [0.717, 1.165) is 45.2 Å². The highest BCUT2D eigenvalue weighted by Gasteiger charge is 2.69. The summed E-state index contributed by atoms with van der Waals surface area (Å²) >= 11 is 0. The summed E-state index contributed by atoms with van der Waals surface area (Å²) in [6, 6.07) is 10.2. The van der Waals surface area contributed by atoms with E-state index in [2.05, 4.69) is 39.8 Å². The van der Waals surface area contributed by atoms with Gasteiger partial charge in [0.15, 0.2) is 0 Å². The third-order valence-electron chi connectivity index (χ3n) is 8.40. The van der Waals surface area contributed by atoms with E-state index in [4.69, 9.17) is 0 Å². The van der Waals surface area contributed by atoms with Crippen LogP contribution < -0.4 is 10.6 Å². The molecule has 0 aromatic heterocycles. The molecule has 1 aromatic carbocycles. The summed E-state index contributed by atoms with van der Waals surface area (Å²) in [6.07, 6.45) is 12.4. The first kappa shape index (κ1) is 21.7. The third-order valence-corrected chi connectivity index (χ3v) is 8.40. The van der Waals surface area contributed by atoms with E-state index in [1.165, 1.54) is 31.5 Å². The fourth-order valence-electron chi connectivity index (χ4n) is 6.60. The van der Waals surface area contributed by atoms with Crippen LogP contribution >= 0.6 is 0 Å². The van der Waals surface area contributed by atoms with Crippen molar-refractivity contribution in [2.24, 2.45) is 29.1 Å². The van der Waals surface area contributed by atoms with Gasteiger partial charge in [0.25, 0.3) is 0 Å². The Morgan fingerprint density at radius 3 is 2.12 bits per heavy atom. The maximum Gasteiger partial charge on any atom is 0.224 e. The smallest absolute Gasteiger partial charge is 0.224 e. The molecule has 2 amide bonds. The Bertz CT molecular complexity index is 842. The highest BCUT2D eigenvalue weighted by atomic mass is 16.2. The van der Waals surface area contributed by atoms with E-state index in [0.29, 0.717) is 6.54 Å². The Morgan fingerprint density at radius 2 is 1.50 bits per heavy atom. The minimum atomic E-state index is -0.215. The van der Waals surface area contributed by atoms with Crippen LogP contribution in [0.5, 0.6) is 0 Å². The average Bonchev–Trinajstić information content (AvgIpc) is 3.17. The van der Waals surface area contributed by atoms with Gasteiger partial charge < -0.3 is 15.5 Å². The minimum absolute atomic E-state index is 0.0678. The topological polar surface area (TPSA) is 61.4 Å². The van der Waals surface area contributed by atoms with Crippen LogP contribution in [0.4, 0.5) is 0 Å². The molecule has 2 bridgehead atoms. The lowest BCUT2D eigenvalue weighted by Crippen LogP contribution is -2.44. The Kier molecular flexibility index (Phi) is 6.36. The maximum absolute atomic E-state index is 13.2. The molecule has 5 nitrogen and oxygen atoms in total. The molecule has 1 spiro atoms. The molecule has 4 atom stereocenters. The van der Waals surface area contributed by atoms with Crippen molar-refractivity contribution in [1.82, 2.24) is 15.5 Å². The SMILES string of the molecule is O=C(NCCCCN1CCCC1)[C@H]1[C@H](C(=O)NCCc2ccccc2)[C@H]2C=C[C@H]1C21CC1. The van der Waals surface area contributed by atoms with Crippen molar-refractivity contribution in [2.45, 2.75) is 44.9 Å². The number of nitrogens with zero attached hydrogens (tertiary/aromatic N) is 1. The summed E-state index contributed by atoms with van der Waals surface area (Å²) in [7, 11) is 0. The first-order valence-corrected chi connectivity index (χ1v) is 12.7. The van der Waals surface area contributed by atoms with Gasteiger partial charge in [0, 0.05) is 13.1 Å². The standard InChI is InChI=1S/C27H37N3O2/c31-25(28-15-4-5-17-30-18-6-7-19-30)23-21-10-11-22(27(21)13-14-27)24(23)26(32)29-16-12-20-8-2-1-3-9-20/h1-3,8-11,21-24H,4-7,12-19H2,(H,28,31)(H,29,32)/t21-,22-,23-,24-/m1/s1. The van der Waals surface area contributed by atoms with Crippen molar-refractivity contribution in [3.63, 3.8) is 0 Å². The molecule has 3 aliphatic carbocycles. The van der Waals surface area contributed by atoms with Gasteiger partial charge in [-0.05, 0) is 87.4 Å². The van der Waals surface area contributed by atoms with E-state index >= 15 is 0 Å². The second kappa shape index (κ2) is 9.38. The molecule has 2 saturated carbocycles. The molecule has 4 aliphatic rings. The number of amides is 2. The number of allylic oxidation sites excluding steroid dienone is 2. The third kappa shape index (κ3) is 4.24. The molecule has 172 valence electrons. The van der Waals surface area contributed by atoms with Gasteiger partial charge in [-0.2, -0.15) is 0 Å². The lowest BCUT2D eigenvalue weighted by Gasteiger charge is -2.26. The molecular formula is C27H37N3O2. The molecule has 2 N–H and O–H groups in total. The van der Waals surface area contributed by atoms with Crippen LogP contribution in [0, 0.1) is 29.1 Å². The number of likely N-dealkylation sites (tertiary alicyclic amines) is 1. The minimum Gasteiger partial charge on any atom is -0.356 e. The fraction of sp³-hybridized carbons (Fsp3) is 0.630. The summed E-state index contributed by atoms with van der Waals surface area (Å²) in [5, 5.41) is 6.35. The van der Waals surface area contributed by atoms with Gasteiger partial charge in [-0.25, -0.2) is 0 Å². The molecule has 1 heterocycles. The van der Waals surface area contributed by atoms with Crippen molar-refractivity contribution in [1.29, 1.82) is 0 Å². The summed E-state index contributed by atoms with van der Waals surface area (Å²) in [5.41, 5.74) is 1.42. The lowest BCUT2D eigenvalue weighted by atomic mass is 9.81. The summed E-state index contributed by atoms with van der Waals surface area (Å²) in [6.45, 7) is 4.94. The number of carbonyl (C=O) groups is 2. The van der Waals surface area contributed by atoms with E-state index in [-0.39, 0.29) is 40.9 Å². The molecule has 3 fully saturated rings. The predicted molar refractivity (Wildman–Crippen MR) is 126 cm³/mol. The second-order valence-corrected chi connectivity index (χ2v) is 10.3. The van der Waals surface area contributed by atoms with Crippen LogP contribution in [0.15, 0.2) is 42.5 Å². The first-order chi connectivity index (χ1) is 15.7. The number of hydrogen-bond donors (Lipinski definition) is 2. The zero-order valence-corrected chi connectivity index (χ0v) is 19.1. The Morgan fingerprint density at radius 1 is 0.875 bits per heavy atom. The largest absolute Gasteiger partial charge is 0.356 e. The van der Waals surface area contributed by atoms with Crippen molar-refractivity contribution in [2.75, 3.05) is 32.7 Å². The van der Waals surface area contributed by atoms with Crippen molar-refractivity contribution >= 4 is 11.8 Å². The maximum atomic E-state index is 13.2. The van der Waals surface area contributed by atoms with E-state index in [9.17, 15) is 9.59 Å². The lowest BCUT2D eigenvalue weighted by molar-refractivity contribution is -0.135. The van der Waals surface area contributed by atoms with E-state index in [1.807, 2.05) is 18.2 Å². The van der Waals surface area contributed by atoms with Gasteiger partial charge in [0.1, 0.15) is 0 Å². The normalized spacial score (nSPS) is 29.5. The summed E-state index contributed by atoms with van der Waals surface area (Å²) in [5.74, 6) is 0.212. The van der Waals surface area contributed by atoms with Gasteiger partial charge in [0.05, 0.1) is 11.8 Å². The molecule has 0 radical (unpaired) electrons. The average molecular weight is 436 g/mol.